The number of nitro groups is 2. The molecule has 41 heavy (non-hydrogen) atoms. The number of benzene rings is 3. The van der Waals surface area contributed by atoms with Gasteiger partial charge in [-0.3, -0.25) is 34.7 Å². The smallest absolute Gasteiger partial charge is 0.283 e. The molecule has 0 radical (unpaired) electrons. The fourth-order valence-corrected chi connectivity index (χ4v) is 4.10. The Morgan fingerprint density at radius 3 is 1.80 bits per heavy atom. The van der Waals surface area contributed by atoms with Gasteiger partial charge in [0.05, 0.1) is 67.9 Å². The highest BCUT2D eigenvalue weighted by molar-refractivity contribution is 5.90. The molecule has 0 saturated carbocycles. The molecule has 3 N–H and O–H groups in total. The van der Waals surface area contributed by atoms with Gasteiger partial charge in [0.25, 0.3) is 11.4 Å². The minimum Gasteiger partial charge on any atom is -0.398 e. The summed E-state index contributed by atoms with van der Waals surface area (Å²) in [5.41, 5.74) is 7.08. The molecule has 0 saturated heterocycles. The van der Waals surface area contributed by atoms with Crippen LogP contribution < -0.4 is 5.73 Å². The number of nitrogen functional groups attached to an aromatic ring is 1. The molecule has 0 aliphatic carbocycles. The second-order valence-electron chi connectivity index (χ2n) is 8.48. The van der Waals surface area contributed by atoms with Crippen LogP contribution in [0.4, 0.5) is 30.2 Å². The number of halogens is 3. The summed E-state index contributed by atoms with van der Waals surface area (Å²) < 4.78 is 42.1. The molecule has 3 aromatic carbocycles. The zero-order chi connectivity index (χ0) is 29.8. The van der Waals surface area contributed by atoms with Gasteiger partial charge in [-0.25, -0.2) is 13.2 Å². The van der Waals surface area contributed by atoms with Gasteiger partial charge in [0.15, 0.2) is 0 Å². The lowest BCUT2D eigenvalue weighted by atomic mass is 10.2. The number of H-pyrrole nitrogens is 1. The van der Waals surface area contributed by atoms with E-state index in [0.717, 1.165) is 29.1 Å². The first-order valence-corrected chi connectivity index (χ1v) is 12.0. The highest BCUT2D eigenvalue weighted by atomic mass is 19.1. The number of fused-ring (bicyclic) bond motifs is 3. The molecule has 6 rings (SSSR count). The van der Waals surface area contributed by atoms with Crippen molar-refractivity contribution in [1.82, 2.24) is 29.8 Å². The third-order valence-electron chi connectivity index (χ3n) is 5.96. The maximum absolute atomic E-state index is 13.1. The first-order chi connectivity index (χ1) is 19.5. The van der Waals surface area contributed by atoms with Crippen LogP contribution in [0.1, 0.15) is 13.8 Å². The van der Waals surface area contributed by atoms with Gasteiger partial charge < -0.3 is 5.73 Å². The average molecular weight is 570 g/mol. The van der Waals surface area contributed by atoms with Crippen molar-refractivity contribution < 1.29 is 23.0 Å². The van der Waals surface area contributed by atoms with Crippen molar-refractivity contribution in [3.63, 3.8) is 0 Å². The lowest BCUT2D eigenvalue weighted by Crippen LogP contribution is -1.96. The van der Waals surface area contributed by atoms with Crippen molar-refractivity contribution in [2.45, 2.75) is 26.9 Å². The number of non-ortho nitro benzene ring substituents is 2. The third-order valence-corrected chi connectivity index (χ3v) is 5.96. The summed E-state index contributed by atoms with van der Waals surface area (Å²) in [5, 5.41) is 36.7. The van der Waals surface area contributed by atoms with E-state index < -0.39 is 21.5 Å². The van der Waals surface area contributed by atoms with Gasteiger partial charge in [0.2, 0.25) is 0 Å². The second-order valence-corrected chi connectivity index (χ2v) is 8.48. The Balaban J connectivity index is 0.000000142. The number of nitrogens with two attached hydrogens (primary N) is 1. The molecule has 6 aromatic rings. The van der Waals surface area contributed by atoms with E-state index in [4.69, 9.17) is 5.73 Å². The Bertz CT molecular complexity index is 1900. The van der Waals surface area contributed by atoms with Crippen molar-refractivity contribution in [2.24, 2.45) is 0 Å². The molecule has 0 fully saturated rings. The van der Waals surface area contributed by atoms with E-state index in [1.54, 1.807) is 10.9 Å². The van der Waals surface area contributed by atoms with Gasteiger partial charge in [-0.1, -0.05) is 0 Å². The van der Waals surface area contributed by atoms with Crippen LogP contribution in [0.15, 0.2) is 55.0 Å². The normalized spacial score (nSPS) is 10.8. The van der Waals surface area contributed by atoms with Gasteiger partial charge >= 0.3 is 0 Å². The van der Waals surface area contributed by atoms with Gasteiger partial charge in [-0.2, -0.15) is 15.3 Å². The van der Waals surface area contributed by atoms with E-state index in [2.05, 4.69) is 20.4 Å². The summed E-state index contributed by atoms with van der Waals surface area (Å²) in [6.45, 7) is 5.05. The number of hydrogen-bond donors (Lipinski definition) is 2. The number of aromatic nitrogens is 6. The van der Waals surface area contributed by atoms with Crippen molar-refractivity contribution in [1.29, 1.82) is 0 Å². The zero-order valence-electron chi connectivity index (χ0n) is 21.6. The predicted octanol–water partition coefficient (Wildman–Crippen LogP) is 5.49. The standard InChI is InChI=1S/C9H8FN3O2.C9H10FN3.C7H4FN3O2/c1-2-12-8-3-6(10)4-9(13(14)15)7(8)5-11-12;1-2-13-9-4-6(10)3-8(11)7(9)5-12-13;8-4-1-6-5(3-9-10-6)7(2-4)11(12)13/h3-5H,2H2,1H3;3-5H,2,11H2,1H3;1-3H,(H,9,10). The SMILES string of the molecule is CCn1ncc2c(N)cc(F)cc21.CCn1ncc2c([N+](=O)[O-])cc(F)cc21.O=[N+]([O-])c1cc(F)cc2[nH]ncc12. The molecular formula is C25H22F3N9O4. The molecule has 0 amide bonds. The van der Waals surface area contributed by atoms with Crippen LogP contribution in [0.25, 0.3) is 32.7 Å². The predicted molar refractivity (Wildman–Crippen MR) is 145 cm³/mol. The topological polar surface area (TPSA) is 177 Å². The summed E-state index contributed by atoms with van der Waals surface area (Å²) in [7, 11) is 0. The van der Waals surface area contributed by atoms with Crippen molar-refractivity contribution in [3.05, 3.63) is 92.7 Å². The Hall–Kier alpha value is -5.54. The first kappa shape index (κ1) is 28.5. The van der Waals surface area contributed by atoms with Crippen LogP contribution in [0.2, 0.25) is 0 Å². The summed E-state index contributed by atoms with van der Waals surface area (Å²) in [5.74, 6) is -1.59. The monoisotopic (exact) mass is 569 g/mol. The number of nitrogens with zero attached hydrogens (tertiary/aromatic N) is 7. The number of nitrogens with one attached hydrogen (secondary N) is 1. The maximum atomic E-state index is 13.1. The Morgan fingerprint density at radius 2 is 1.24 bits per heavy atom. The molecule has 0 aliphatic heterocycles. The van der Waals surface area contributed by atoms with E-state index in [-0.39, 0.29) is 17.2 Å². The Kier molecular flexibility index (Phi) is 8.11. The molecule has 0 bridgehead atoms. The molecule has 0 unspecified atom stereocenters. The van der Waals surface area contributed by atoms with Crippen LogP contribution in [0, 0.1) is 37.7 Å². The number of aromatic amines is 1. The van der Waals surface area contributed by atoms with Crippen molar-refractivity contribution in [2.75, 3.05) is 5.73 Å². The number of nitro benzene ring substituents is 2. The number of anilines is 1. The fourth-order valence-electron chi connectivity index (χ4n) is 4.10. The quantitative estimate of drug-likeness (QED) is 0.159. The molecule has 3 aromatic heterocycles. The largest absolute Gasteiger partial charge is 0.398 e. The third kappa shape index (κ3) is 5.90. The lowest BCUT2D eigenvalue weighted by Gasteiger charge is -2.00. The van der Waals surface area contributed by atoms with Gasteiger partial charge in [0.1, 0.15) is 17.5 Å². The Morgan fingerprint density at radius 1 is 0.756 bits per heavy atom. The highest BCUT2D eigenvalue weighted by Crippen LogP contribution is 2.27. The van der Waals surface area contributed by atoms with Crippen LogP contribution in [-0.2, 0) is 13.1 Å². The average Bonchev–Trinajstić information content (AvgIpc) is 3.66. The summed E-state index contributed by atoms with van der Waals surface area (Å²) >= 11 is 0. The summed E-state index contributed by atoms with van der Waals surface area (Å²) in [6, 6.07) is 6.95. The summed E-state index contributed by atoms with van der Waals surface area (Å²) in [4.78, 5) is 19.9. The van der Waals surface area contributed by atoms with Gasteiger partial charge in [-0.05, 0) is 26.0 Å². The first-order valence-electron chi connectivity index (χ1n) is 12.0. The van der Waals surface area contributed by atoms with Crippen molar-refractivity contribution in [3.8, 4) is 0 Å². The fraction of sp³-hybridized carbons (Fsp3) is 0.160. The molecule has 0 atom stereocenters. The number of rotatable bonds is 4. The maximum Gasteiger partial charge on any atom is 0.283 e. The van der Waals surface area contributed by atoms with Crippen LogP contribution in [0.5, 0.6) is 0 Å². The van der Waals surface area contributed by atoms with E-state index in [1.807, 2.05) is 13.8 Å². The van der Waals surface area contributed by atoms with E-state index >= 15 is 0 Å². The molecule has 0 aliphatic rings. The Labute approximate surface area is 228 Å². The zero-order valence-corrected chi connectivity index (χ0v) is 21.6. The van der Waals surface area contributed by atoms with Crippen molar-refractivity contribution >= 4 is 49.8 Å². The second kappa shape index (κ2) is 11.7. The van der Waals surface area contributed by atoms with E-state index in [1.165, 1.54) is 35.3 Å². The lowest BCUT2D eigenvalue weighted by molar-refractivity contribution is -0.383. The molecule has 212 valence electrons. The summed E-state index contributed by atoms with van der Waals surface area (Å²) in [6.07, 6.45) is 4.34. The molecule has 13 nitrogen and oxygen atoms in total. The van der Waals surface area contributed by atoms with Gasteiger partial charge in [-0.15, -0.1) is 0 Å². The minimum atomic E-state index is -0.650. The number of hydrogen-bond acceptors (Lipinski definition) is 8. The van der Waals surface area contributed by atoms with E-state index in [0.29, 0.717) is 40.6 Å². The van der Waals surface area contributed by atoms with Crippen LogP contribution in [-0.4, -0.2) is 39.6 Å². The molecule has 16 heteroatoms. The van der Waals surface area contributed by atoms with Crippen LogP contribution >= 0.6 is 0 Å². The van der Waals surface area contributed by atoms with E-state index in [9.17, 15) is 33.4 Å². The molecule has 3 heterocycles. The molecular weight excluding hydrogens is 547 g/mol. The molecule has 0 spiro atoms. The minimum absolute atomic E-state index is 0.246. The highest BCUT2D eigenvalue weighted by Gasteiger charge is 2.17. The van der Waals surface area contributed by atoms with Crippen LogP contribution in [0.3, 0.4) is 0 Å². The van der Waals surface area contributed by atoms with Gasteiger partial charge in [0, 0.05) is 36.3 Å². The number of aryl methyl sites for hydroxylation is 2.